The standard InChI is InChI=1S/C23H29N5O3.HI/c1-18(17-28-11-3-9-26-28)16-25-23(24-10-8-20-5-2-12-29-20)27-19-6-7-21-22(15-19)31-14-4-13-30-21;/h2-3,5-7,9,11-12,15,18H,4,8,10,13-14,16-17H2,1H3,(H2,24,25,27);1H. The van der Waals surface area contributed by atoms with Gasteiger partial charge >= 0.3 is 0 Å². The molecule has 0 saturated carbocycles. The van der Waals surface area contributed by atoms with Crippen LogP contribution in [0.5, 0.6) is 11.5 Å². The average Bonchev–Trinajstić information content (AvgIpc) is 3.42. The number of nitrogens with zero attached hydrogens (tertiary/aromatic N) is 3. The van der Waals surface area contributed by atoms with Crippen molar-refractivity contribution in [2.75, 3.05) is 31.6 Å². The van der Waals surface area contributed by atoms with Gasteiger partial charge in [0.2, 0.25) is 0 Å². The van der Waals surface area contributed by atoms with Gasteiger partial charge in [0.25, 0.3) is 0 Å². The Morgan fingerprint density at radius 1 is 1.19 bits per heavy atom. The quantitative estimate of drug-likeness (QED) is 0.248. The van der Waals surface area contributed by atoms with Gasteiger partial charge in [0.15, 0.2) is 17.5 Å². The summed E-state index contributed by atoms with van der Waals surface area (Å²) in [6, 6.07) is 11.7. The summed E-state index contributed by atoms with van der Waals surface area (Å²) >= 11 is 0. The lowest BCUT2D eigenvalue weighted by Gasteiger charge is -2.16. The first-order valence-corrected chi connectivity index (χ1v) is 10.7. The Balaban J connectivity index is 0.00000289. The number of ether oxygens (including phenoxy) is 2. The molecule has 32 heavy (non-hydrogen) atoms. The van der Waals surface area contributed by atoms with E-state index in [4.69, 9.17) is 18.9 Å². The maximum Gasteiger partial charge on any atom is 0.195 e. The zero-order valence-electron chi connectivity index (χ0n) is 18.2. The molecule has 0 bridgehead atoms. The first kappa shape index (κ1) is 24.0. The number of halogens is 1. The van der Waals surface area contributed by atoms with Gasteiger partial charge in [-0.2, -0.15) is 5.10 Å². The number of guanidine groups is 1. The van der Waals surface area contributed by atoms with Crippen LogP contribution in [0.15, 0.2) is 64.5 Å². The van der Waals surface area contributed by atoms with E-state index in [1.807, 2.05) is 47.3 Å². The fourth-order valence-corrected chi connectivity index (χ4v) is 3.31. The van der Waals surface area contributed by atoms with Crippen molar-refractivity contribution in [1.29, 1.82) is 0 Å². The van der Waals surface area contributed by atoms with E-state index >= 15 is 0 Å². The minimum absolute atomic E-state index is 0. The Labute approximate surface area is 205 Å². The smallest absolute Gasteiger partial charge is 0.195 e. The molecule has 0 fully saturated rings. The topological polar surface area (TPSA) is 85.8 Å². The van der Waals surface area contributed by atoms with E-state index in [0.29, 0.717) is 38.2 Å². The molecule has 1 aromatic carbocycles. The first-order chi connectivity index (χ1) is 15.3. The van der Waals surface area contributed by atoms with E-state index in [1.165, 1.54) is 0 Å². The minimum Gasteiger partial charge on any atom is -0.490 e. The van der Waals surface area contributed by atoms with E-state index in [0.717, 1.165) is 42.3 Å². The Morgan fingerprint density at radius 2 is 2.06 bits per heavy atom. The molecule has 0 radical (unpaired) electrons. The van der Waals surface area contributed by atoms with Crippen LogP contribution in [-0.2, 0) is 13.0 Å². The fourth-order valence-electron chi connectivity index (χ4n) is 3.31. The number of aromatic nitrogens is 2. The van der Waals surface area contributed by atoms with Crippen molar-refractivity contribution in [2.24, 2.45) is 10.9 Å². The summed E-state index contributed by atoms with van der Waals surface area (Å²) in [6.45, 7) is 5.69. The predicted molar refractivity (Wildman–Crippen MR) is 135 cm³/mol. The number of furan rings is 1. The molecule has 0 spiro atoms. The SMILES string of the molecule is CC(CN=C(NCCc1ccco1)Nc1ccc2c(c1)OCCCO2)Cn1cccn1.I. The van der Waals surface area contributed by atoms with Gasteiger partial charge in [0.05, 0.1) is 19.5 Å². The molecule has 3 heterocycles. The zero-order chi connectivity index (χ0) is 21.3. The molecule has 1 atom stereocenters. The second-order valence-electron chi connectivity index (χ2n) is 7.62. The van der Waals surface area contributed by atoms with Crippen molar-refractivity contribution in [3.63, 3.8) is 0 Å². The van der Waals surface area contributed by atoms with Crippen LogP contribution in [0.2, 0.25) is 0 Å². The monoisotopic (exact) mass is 551 g/mol. The maximum atomic E-state index is 5.81. The third kappa shape index (κ3) is 7.18. The van der Waals surface area contributed by atoms with E-state index in [1.54, 1.807) is 12.5 Å². The number of rotatable bonds is 8. The molecule has 0 amide bonds. The molecule has 172 valence electrons. The summed E-state index contributed by atoms with van der Waals surface area (Å²) in [4.78, 5) is 4.80. The molecule has 1 aliphatic rings. The van der Waals surface area contributed by atoms with Crippen LogP contribution < -0.4 is 20.1 Å². The molecule has 0 aliphatic carbocycles. The van der Waals surface area contributed by atoms with Crippen molar-refractivity contribution in [3.05, 3.63) is 60.8 Å². The van der Waals surface area contributed by atoms with Gasteiger partial charge in [-0.3, -0.25) is 9.67 Å². The van der Waals surface area contributed by atoms with Crippen LogP contribution in [0, 0.1) is 5.92 Å². The highest BCUT2D eigenvalue weighted by atomic mass is 127. The summed E-state index contributed by atoms with van der Waals surface area (Å²) in [6.07, 6.45) is 7.11. The molecule has 2 aromatic heterocycles. The van der Waals surface area contributed by atoms with Crippen molar-refractivity contribution in [3.8, 4) is 11.5 Å². The Morgan fingerprint density at radius 3 is 2.84 bits per heavy atom. The second-order valence-corrected chi connectivity index (χ2v) is 7.62. The van der Waals surface area contributed by atoms with E-state index in [-0.39, 0.29) is 24.0 Å². The van der Waals surface area contributed by atoms with Gasteiger partial charge in [0, 0.05) is 56.6 Å². The molecule has 0 saturated heterocycles. The summed E-state index contributed by atoms with van der Waals surface area (Å²) in [5.41, 5.74) is 0.897. The van der Waals surface area contributed by atoms with Gasteiger partial charge in [-0.25, -0.2) is 0 Å². The average molecular weight is 551 g/mol. The molecule has 1 aliphatic heterocycles. The van der Waals surface area contributed by atoms with Crippen molar-refractivity contribution < 1.29 is 13.9 Å². The van der Waals surface area contributed by atoms with E-state index < -0.39 is 0 Å². The minimum atomic E-state index is 0. The Hall–Kier alpha value is -2.69. The highest BCUT2D eigenvalue weighted by Gasteiger charge is 2.12. The highest BCUT2D eigenvalue weighted by Crippen LogP contribution is 2.32. The van der Waals surface area contributed by atoms with Crippen LogP contribution in [0.3, 0.4) is 0 Å². The summed E-state index contributed by atoms with van der Waals surface area (Å²) in [7, 11) is 0. The normalized spacial score (nSPS) is 14.2. The van der Waals surface area contributed by atoms with Crippen LogP contribution in [-0.4, -0.2) is 42.0 Å². The molecule has 1 unspecified atom stereocenters. The molecule has 3 aromatic rings. The van der Waals surface area contributed by atoms with Gasteiger partial charge in [-0.05, 0) is 36.2 Å². The lowest BCUT2D eigenvalue weighted by molar-refractivity contribution is 0.297. The number of nitrogens with one attached hydrogen (secondary N) is 2. The molecular weight excluding hydrogens is 521 g/mol. The van der Waals surface area contributed by atoms with Crippen molar-refractivity contribution >= 4 is 35.6 Å². The summed E-state index contributed by atoms with van der Waals surface area (Å²) in [5, 5.41) is 11.1. The van der Waals surface area contributed by atoms with Crippen molar-refractivity contribution in [2.45, 2.75) is 26.3 Å². The van der Waals surface area contributed by atoms with E-state index in [9.17, 15) is 0 Å². The third-order valence-electron chi connectivity index (χ3n) is 4.87. The third-order valence-corrected chi connectivity index (χ3v) is 4.87. The molecule has 8 nitrogen and oxygen atoms in total. The molecule has 2 N–H and O–H groups in total. The van der Waals surface area contributed by atoms with Gasteiger partial charge < -0.3 is 24.5 Å². The first-order valence-electron chi connectivity index (χ1n) is 10.7. The second kappa shape index (κ2) is 12.4. The van der Waals surface area contributed by atoms with Crippen LogP contribution in [0.1, 0.15) is 19.1 Å². The lowest BCUT2D eigenvalue weighted by Crippen LogP contribution is -2.33. The molecule has 9 heteroatoms. The Bertz CT molecular complexity index is 960. The number of hydrogen-bond donors (Lipinski definition) is 2. The number of anilines is 1. The van der Waals surface area contributed by atoms with Crippen molar-refractivity contribution in [1.82, 2.24) is 15.1 Å². The largest absolute Gasteiger partial charge is 0.490 e. The maximum absolute atomic E-state index is 5.81. The van der Waals surface area contributed by atoms with Crippen LogP contribution in [0.25, 0.3) is 0 Å². The van der Waals surface area contributed by atoms with Gasteiger partial charge in [0.1, 0.15) is 5.76 Å². The number of aliphatic imine (C=N–C) groups is 1. The fraction of sp³-hybridized carbons (Fsp3) is 0.391. The summed E-state index contributed by atoms with van der Waals surface area (Å²) in [5.74, 6) is 3.53. The Kier molecular flexibility index (Phi) is 9.27. The molecular formula is C23H30IN5O3. The van der Waals surface area contributed by atoms with Gasteiger partial charge in [-0.1, -0.05) is 6.92 Å². The highest BCUT2D eigenvalue weighted by molar-refractivity contribution is 14.0. The van der Waals surface area contributed by atoms with Crippen LogP contribution in [0.4, 0.5) is 5.69 Å². The number of hydrogen-bond acceptors (Lipinski definition) is 5. The molecule has 4 rings (SSSR count). The van der Waals surface area contributed by atoms with E-state index in [2.05, 4.69) is 22.7 Å². The van der Waals surface area contributed by atoms with Crippen LogP contribution >= 0.6 is 24.0 Å². The summed E-state index contributed by atoms with van der Waals surface area (Å²) < 4.78 is 18.9. The lowest BCUT2D eigenvalue weighted by atomic mass is 10.2. The number of benzene rings is 1. The zero-order valence-corrected chi connectivity index (χ0v) is 20.5. The number of fused-ring (bicyclic) bond motifs is 1. The predicted octanol–water partition coefficient (Wildman–Crippen LogP) is 4.19. The van der Waals surface area contributed by atoms with Gasteiger partial charge in [-0.15, -0.1) is 24.0 Å².